The second-order valence-corrected chi connectivity index (χ2v) is 4.71. The number of hydrogen-bond acceptors (Lipinski definition) is 4. The molecule has 1 aromatic rings. The van der Waals surface area contributed by atoms with Crippen molar-refractivity contribution in [2.24, 2.45) is 0 Å². The average Bonchev–Trinajstić information content (AvgIpc) is 2.40. The Morgan fingerprint density at radius 3 is 2.89 bits per heavy atom. The van der Waals surface area contributed by atoms with Gasteiger partial charge in [-0.25, -0.2) is 0 Å². The molecule has 98 valence electrons. The van der Waals surface area contributed by atoms with E-state index in [1.54, 1.807) is 18.2 Å². The minimum Gasteiger partial charge on any atom is -0.373 e. The second kappa shape index (κ2) is 5.29. The number of carbonyl (C=O) groups excluding carboxylic acids is 2. The maximum Gasteiger partial charge on any atom is 0.251 e. The SMILES string of the molecule is CN1C(=O)CCC(Nc2cccc(Cl)c2C#N)C1=O. The molecule has 5 nitrogen and oxygen atoms in total. The summed E-state index contributed by atoms with van der Waals surface area (Å²) in [6.45, 7) is 0. The predicted octanol–water partition coefficient (Wildman–Crippen LogP) is 1.77. The van der Waals surface area contributed by atoms with Gasteiger partial charge in [-0.1, -0.05) is 17.7 Å². The minimum absolute atomic E-state index is 0.186. The maximum atomic E-state index is 12.0. The first kappa shape index (κ1) is 13.4. The van der Waals surface area contributed by atoms with Crippen LogP contribution in [0.25, 0.3) is 0 Å². The van der Waals surface area contributed by atoms with Crippen LogP contribution in [-0.2, 0) is 9.59 Å². The van der Waals surface area contributed by atoms with Crippen molar-refractivity contribution in [1.82, 2.24) is 4.90 Å². The monoisotopic (exact) mass is 277 g/mol. The molecular weight excluding hydrogens is 266 g/mol. The van der Waals surface area contributed by atoms with Crippen LogP contribution in [0, 0.1) is 11.3 Å². The highest BCUT2D eigenvalue weighted by Gasteiger charge is 2.32. The molecule has 2 amide bonds. The van der Waals surface area contributed by atoms with Crippen molar-refractivity contribution in [3.8, 4) is 6.07 Å². The summed E-state index contributed by atoms with van der Waals surface area (Å²) < 4.78 is 0. The fraction of sp³-hybridized carbons (Fsp3) is 0.308. The van der Waals surface area contributed by atoms with E-state index < -0.39 is 6.04 Å². The van der Waals surface area contributed by atoms with E-state index in [1.165, 1.54) is 7.05 Å². The Bertz CT molecular complexity index is 580. The number of nitriles is 1. The molecule has 6 heteroatoms. The number of nitrogens with zero attached hydrogens (tertiary/aromatic N) is 2. The second-order valence-electron chi connectivity index (χ2n) is 4.30. The average molecular weight is 278 g/mol. The van der Waals surface area contributed by atoms with Gasteiger partial charge in [0.05, 0.1) is 16.3 Å². The first-order chi connectivity index (χ1) is 9.04. The highest BCUT2D eigenvalue weighted by atomic mass is 35.5. The highest BCUT2D eigenvalue weighted by molar-refractivity contribution is 6.32. The Balaban J connectivity index is 2.23. The summed E-state index contributed by atoms with van der Waals surface area (Å²) in [4.78, 5) is 24.4. The van der Waals surface area contributed by atoms with Gasteiger partial charge in [-0.15, -0.1) is 0 Å². The molecule has 1 aliphatic rings. The van der Waals surface area contributed by atoms with E-state index in [0.29, 0.717) is 29.1 Å². The van der Waals surface area contributed by atoms with E-state index >= 15 is 0 Å². The van der Waals surface area contributed by atoms with Gasteiger partial charge in [-0.2, -0.15) is 5.26 Å². The zero-order valence-electron chi connectivity index (χ0n) is 10.3. The lowest BCUT2D eigenvalue weighted by Gasteiger charge is -2.29. The van der Waals surface area contributed by atoms with Crippen molar-refractivity contribution in [1.29, 1.82) is 5.26 Å². The molecule has 0 spiro atoms. The number of piperidine rings is 1. The predicted molar refractivity (Wildman–Crippen MR) is 70.6 cm³/mol. The van der Waals surface area contributed by atoms with Crippen LogP contribution in [0.5, 0.6) is 0 Å². The van der Waals surface area contributed by atoms with Gasteiger partial charge in [0.25, 0.3) is 5.91 Å². The summed E-state index contributed by atoms with van der Waals surface area (Å²) in [5.74, 6) is -0.477. The summed E-state index contributed by atoms with van der Waals surface area (Å²) in [7, 11) is 1.46. The smallest absolute Gasteiger partial charge is 0.251 e. The molecule has 1 atom stereocenters. The topological polar surface area (TPSA) is 73.2 Å². The van der Waals surface area contributed by atoms with Crippen molar-refractivity contribution in [3.63, 3.8) is 0 Å². The van der Waals surface area contributed by atoms with Crippen LogP contribution < -0.4 is 5.32 Å². The van der Waals surface area contributed by atoms with Crippen molar-refractivity contribution >= 4 is 29.1 Å². The number of anilines is 1. The fourth-order valence-corrected chi connectivity index (χ4v) is 2.21. The molecule has 1 N–H and O–H groups in total. The number of imide groups is 1. The molecule has 0 radical (unpaired) electrons. The Hall–Kier alpha value is -2.06. The van der Waals surface area contributed by atoms with E-state index in [0.717, 1.165) is 4.90 Å². The number of halogens is 1. The molecule has 2 rings (SSSR count). The third-order valence-electron chi connectivity index (χ3n) is 3.10. The molecule has 0 aromatic heterocycles. The van der Waals surface area contributed by atoms with Crippen molar-refractivity contribution in [2.45, 2.75) is 18.9 Å². The normalized spacial score (nSPS) is 19.2. The van der Waals surface area contributed by atoms with E-state index in [9.17, 15) is 9.59 Å². The van der Waals surface area contributed by atoms with Crippen LogP contribution in [0.4, 0.5) is 5.69 Å². The van der Waals surface area contributed by atoms with Crippen molar-refractivity contribution < 1.29 is 9.59 Å². The molecule has 0 saturated carbocycles. The van der Waals surface area contributed by atoms with Crippen molar-refractivity contribution in [2.75, 3.05) is 12.4 Å². The van der Waals surface area contributed by atoms with Crippen LogP contribution in [0.3, 0.4) is 0 Å². The molecule has 1 aliphatic heterocycles. The van der Waals surface area contributed by atoms with Crippen LogP contribution in [0.2, 0.25) is 5.02 Å². The Labute approximate surface area is 115 Å². The van der Waals surface area contributed by atoms with Gasteiger partial charge in [0, 0.05) is 13.5 Å². The largest absolute Gasteiger partial charge is 0.373 e. The van der Waals surface area contributed by atoms with Gasteiger partial charge in [0.2, 0.25) is 5.91 Å². The minimum atomic E-state index is -0.506. The van der Waals surface area contributed by atoms with Gasteiger partial charge in [0.15, 0.2) is 0 Å². The van der Waals surface area contributed by atoms with Gasteiger partial charge < -0.3 is 5.32 Å². The summed E-state index contributed by atoms with van der Waals surface area (Å²) in [6.07, 6.45) is 0.724. The lowest BCUT2D eigenvalue weighted by Crippen LogP contribution is -2.48. The lowest BCUT2D eigenvalue weighted by atomic mass is 10.0. The quantitative estimate of drug-likeness (QED) is 0.836. The molecule has 1 unspecified atom stereocenters. The summed E-state index contributed by atoms with van der Waals surface area (Å²) in [5.41, 5.74) is 0.813. The van der Waals surface area contributed by atoms with E-state index in [1.807, 2.05) is 6.07 Å². The summed E-state index contributed by atoms with van der Waals surface area (Å²) in [6, 6.07) is 6.50. The van der Waals surface area contributed by atoms with E-state index in [-0.39, 0.29) is 11.8 Å². The zero-order chi connectivity index (χ0) is 14.0. The van der Waals surface area contributed by atoms with Crippen LogP contribution in [-0.4, -0.2) is 29.8 Å². The molecular formula is C13H12ClN3O2. The molecule has 19 heavy (non-hydrogen) atoms. The Morgan fingerprint density at radius 2 is 2.21 bits per heavy atom. The summed E-state index contributed by atoms with van der Waals surface area (Å²) in [5, 5.41) is 12.4. The first-order valence-electron chi connectivity index (χ1n) is 5.80. The Morgan fingerprint density at radius 1 is 1.47 bits per heavy atom. The van der Waals surface area contributed by atoms with Gasteiger partial charge in [0.1, 0.15) is 12.1 Å². The number of nitrogens with one attached hydrogen (secondary N) is 1. The van der Waals surface area contributed by atoms with Crippen LogP contribution in [0.15, 0.2) is 18.2 Å². The number of likely N-dealkylation sites (tertiary alicyclic amines) is 1. The van der Waals surface area contributed by atoms with Crippen LogP contribution >= 0.6 is 11.6 Å². The van der Waals surface area contributed by atoms with E-state index in [2.05, 4.69) is 5.32 Å². The molecule has 0 aliphatic carbocycles. The lowest BCUT2D eigenvalue weighted by molar-refractivity contribution is -0.146. The third kappa shape index (κ3) is 2.54. The molecule has 0 bridgehead atoms. The highest BCUT2D eigenvalue weighted by Crippen LogP contribution is 2.25. The number of benzene rings is 1. The number of likely N-dealkylation sites (N-methyl/N-ethyl adjacent to an activating group) is 1. The Kier molecular flexibility index (Phi) is 3.72. The molecule has 1 aromatic carbocycles. The number of carbonyl (C=O) groups is 2. The van der Waals surface area contributed by atoms with Gasteiger partial charge >= 0.3 is 0 Å². The third-order valence-corrected chi connectivity index (χ3v) is 3.42. The van der Waals surface area contributed by atoms with Crippen molar-refractivity contribution in [3.05, 3.63) is 28.8 Å². The molecule has 1 fully saturated rings. The standard InChI is InChI=1S/C13H12ClN3O2/c1-17-12(18)6-5-11(13(17)19)16-10-4-2-3-9(14)8(10)7-15/h2-4,11,16H,5-6H2,1H3. The number of hydrogen-bond donors (Lipinski definition) is 1. The summed E-state index contributed by atoms with van der Waals surface area (Å²) >= 11 is 5.92. The van der Waals surface area contributed by atoms with Gasteiger partial charge in [-0.05, 0) is 18.6 Å². The zero-order valence-corrected chi connectivity index (χ0v) is 11.1. The molecule has 1 saturated heterocycles. The van der Waals surface area contributed by atoms with Gasteiger partial charge in [-0.3, -0.25) is 14.5 Å². The van der Waals surface area contributed by atoms with E-state index in [4.69, 9.17) is 16.9 Å². The number of amides is 2. The molecule has 1 heterocycles. The fourth-order valence-electron chi connectivity index (χ4n) is 2.00. The number of rotatable bonds is 2. The van der Waals surface area contributed by atoms with Crippen LogP contribution in [0.1, 0.15) is 18.4 Å². The maximum absolute atomic E-state index is 12.0. The first-order valence-corrected chi connectivity index (χ1v) is 6.18.